The normalized spacial score (nSPS) is 19.1. The number of ether oxygens (including phenoxy) is 2. The Morgan fingerprint density at radius 3 is 2.28 bits per heavy atom. The summed E-state index contributed by atoms with van der Waals surface area (Å²) in [6.45, 7) is 2.34. The summed E-state index contributed by atoms with van der Waals surface area (Å²) in [5, 5.41) is 9.08. The molecule has 0 heterocycles. The van der Waals surface area contributed by atoms with Crippen molar-refractivity contribution >= 4 is 36.0 Å². The minimum atomic E-state index is -3.04. The summed E-state index contributed by atoms with van der Waals surface area (Å²) in [5.41, 5.74) is -0.546. The molecule has 1 aromatic carbocycles. The van der Waals surface area contributed by atoms with Crippen LogP contribution >= 0.6 is 24.0 Å². The molecular formula is C21H32F3IN4O3. The van der Waals surface area contributed by atoms with Crippen LogP contribution in [0.3, 0.4) is 0 Å². The van der Waals surface area contributed by atoms with Gasteiger partial charge in [0.1, 0.15) is 17.2 Å². The number of hydrogen-bond donors (Lipinski definition) is 3. The van der Waals surface area contributed by atoms with E-state index in [2.05, 4.69) is 25.7 Å². The molecule has 1 fully saturated rings. The van der Waals surface area contributed by atoms with E-state index in [9.17, 15) is 18.0 Å². The van der Waals surface area contributed by atoms with Crippen LogP contribution in [0.25, 0.3) is 0 Å². The van der Waals surface area contributed by atoms with Gasteiger partial charge in [-0.05, 0) is 58.6 Å². The van der Waals surface area contributed by atoms with Gasteiger partial charge in [-0.1, -0.05) is 6.07 Å². The molecule has 0 unspecified atom stereocenters. The van der Waals surface area contributed by atoms with E-state index in [-0.39, 0.29) is 53.9 Å². The van der Waals surface area contributed by atoms with E-state index in [1.807, 2.05) is 20.8 Å². The van der Waals surface area contributed by atoms with Gasteiger partial charge in [0.05, 0.1) is 0 Å². The zero-order chi connectivity index (χ0) is 23.0. The van der Waals surface area contributed by atoms with Crippen molar-refractivity contribution in [1.82, 2.24) is 16.0 Å². The lowest BCUT2D eigenvalue weighted by atomic mass is 9.91. The summed E-state index contributed by atoms with van der Waals surface area (Å²) in [6, 6.07) is 3.94. The Labute approximate surface area is 203 Å². The third-order valence-corrected chi connectivity index (χ3v) is 4.74. The van der Waals surface area contributed by atoms with Crippen molar-refractivity contribution in [3.63, 3.8) is 0 Å². The average Bonchev–Trinajstić information content (AvgIpc) is 2.66. The predicted octanol–water partition coefficient (Wildman–Crippen LogP) is 4.55. The fraction of sp³-hybridized carbons (Fsp3) is 0.619. The second-order valence-electron chi connectivity index (χ2n) is 8.36. The highest BCUT2D eigenvalue weighted by Gasteiger charge is 2.25. The third kappa shape index (κ3) is 9.70. The Morgan fingerprint density at radius 2 is 1.75 bits per heavy atom. The Bertz CT molecular complexity index is 767. The number of carbonyl (C=O) groups is 1. The number of rotatable bonds is 6. The number of alkyl carbamates (subject to hydrolysis) is 1. The fourth-order valence-electron chi connectivity index (χ4n) is 3.33. The number of halogens is 4. The van der Waals surface area contributed by atoms with Crippen LogP contribution in [0.4, 0.5) is 18.0 Å². The zero-order valence-corrected chi connectivity index (χ0v) is 21.0. The number of benzene rings is 1. The number of aliphatic imine (C=N–C) groups is 1. The topological polar surface area (TPSA) is 84.0 Å². The highest BCUT2D eigenvalue weighted by molar-refractivity contribution is 14.0. The van der Waals surface area contributed by atoms with Gasteiger partial charge >= 0.3 is 12.7 Å². The minimum absolute atomic E-state index is 0. The Morgan fingerprint density at radius 1 is 1.16 bits per heavy atom. The molecule has 0 bridgehead atoms. The van der Waals surface area contributed by atoms with E-state index in [4.69, 9.17) is 4.74 Å². The van der Waals surface area contributed by atoms with Gasteiger partial charge in [0.2, 0.25) is 0 Å². The number of hydrogen-bond acceptors (Lipinski definition) is 4. The first kappa shape index (κ1) is 28.1. The van der Waals surface area contributed by atoms with Gasteiger partial charge in [-0.3, -0.25) is 4.99 Å². The third-order valence-electron chi connectivity index (χ3n) is 4.74. The smallest absolute Gasteiger partial charge is 0.407 e. The molecule has 2 rings (SSSR count). The van der Waals surface area contributed by atoms with E-state index < -0.39 is 24.1 Å². The van der Waals surface area contributed by atoms with Crippen LogP contribution in [0.1, 0.15) is 52.0 Å². The molecule has 1 aliphatic carbocycles. The molecule has 1 amide bonds. The van der Waals surface area contributed by atoms with Gasteiger partial charge in [-0.2, -0.15) is 8.78 Å². The van der Waals surface area contributed by atoms with Crippen molar-refractivity contribution in [2.75, 3.05) is 7.05 Å². The van der Waals surface area contributed by atoms with Crippen LogP contribution in [0.5, 0.6) is 5.75 Å². The molecule has 0 radical (unpaired) electrons. The summed E-state index contributed by atoms with van der Waals surface area (Å²) in [5.74, 6) is -0.434. The SMILES string of the molecule is CN=C(NCc1c(F)cccc1OC(F)F)NC1CCC(NC(=O)OC(C)(C)C)CC1.I. The van der Waals surface area contributed by atoms with Crippen molar-refractivity contribution in [2.45, 2.75) is 77.3 Å². The lowest BCUT2D eigenvalue weighted by molar-refractivity contribution is -0.0506. The Hall–Kier alpha value is -1.92. The molecule has 32 heavy (non-hydrogen) atoms. The van der Waals surface area contributed by atoms with Crippen LogP contribution in [-0.2, 0) is 11.3 Å². The van der Waals surface area contributed by atoms with Crippen LogP contribution in [0.15, 0.2) is 23.2 Å². The molecule has 0 spiro atoms. The maximum Gasteiger partial charge on any atom is 0.407 e. The van der Waals surface area contributed by atoms with Gasteiger partial charge in [-0.15, -0.1) is 24.0 Å². The number of alkyl halides is 2. The second-order valence-corrected chi connectivity index (χ2v) is 8.36. The summed E-state index contributed by atoms with van der Waals surface area (Å²) in [6.07, 6.45) is 2.70. The van der Waals surface area contributed by atoms with Crippen molar-refractivity contribution in [1.29, 1.82) is 0 Å². The van der Waals surface area contributed by atoms with Gasteiger partial charge in [0.15, 0.2) is 5.96 Å². The molecule has 0 aromatic heterocycles. The molecule has 11 heteroatoms. The van der Waals surface area contributed by atoms with Gasteiger partial charge in [-0.25, -0.2) is 9.18 Å². The van der Waals surface area contributed by atoms with Gasteiger partial charge in [0.25, 0.3) is 0 Å². The fourth-order valence-corrected chi connectivity index (χ4v) is 3.33. The minimum Gasteiger partial charge on any atom is -0.444 e. The first-order valence-corrected chi connectivity index (χ1v) is 10.3. The maximum absolute atomic E-state index is 14.1. The molecule has 1 saturated carbocycles. The molecule has 0 aliphatic heterocycles. The summed E-state index contributed by atoms with van der Waals surface area (Å²) < 4.78 is 48.9. The van der Waals surface area contributed by atoms with E-state index >= 15 is 0 Å². The number of nitrogens with zero attached hydrogens (tertiary/aromatic N) is 1. The number of nitrogens with one attached hydrogen (secondary N) is 3. The van der Waals surface area contributed by atoms with Crippen LogP contribution in [0, 0.1) is 5.82 Å². The Balaban J connectivity index is 0.00000512. The van der Waals surface area contributed by atoms with Crippen LogP contribution < -0.4 is 20.7 Å². The number of amides is 1. The quantitative estimate of drug-likeness (QED) is 0.265. The van der Waals surface area contributed by atoms with Crippen molar-refractivity contribution < 1.29 is 27.4 Å². The van der Waals surface area contributed by atoms with E-state index in [0.717, 1.165) is 25.7 Å². The molecule has 1 aliphatic rings. The molecule has 1 aromatic rings. The highest BCUT2D eigenvalue weighted by Crippen LogP contribution is 2.23. The molecule has 0 saturated heterocycles. The second kappa shape index (κ2) is 12.9. The lowest BCUT2D eigenvalue weighted by Crippen LogP contribution is -2.48. The van der Waals surface area contributed by atoms with Gasteiger partial charge < -0.3 is 25.4 Å². The molecule has 0 atom stereocenters. The van der Waals surface area contributed by atoms with Crippen molar-refractivity contribution in [3.05, 3.63) is 29.6 Å². The van der Waals surface area contributed by atoms with E-state index in [1.54, 1.807) is 7.05 Å². The van der Waals surface area contributed by atoms with Gasteiger partial charge in [0, 0.05) is 31.2 Å². The zero-order valence-electron chi connectivity index (χ0n) is 18.7. The molecular weight excluding hydrogens is 540 g/mol. The largest absolute Gasteiger partial charge is 0.444 e. The standard InChI is InChI=1S/C21H31F3N4O3.HI/c1-21(2,3)31-20(29)28-14-10-8-13(9-11-14)27-19(25-4)26-12-15-16(22)6-5-7-17(15)30-18(23)24;/h5-7,13-14,18H,8-12H2,1-4H3,(H,28,29)(H2,25,26,27);1H. The molecule has 3 N–H and O–H groups in total. The number of guanidine groups is 1. The molecule has 182 valence electrons. The highest BCUT2D eigenvalue weighted by atomic mass is 127. The summed E-state index contributed by atoms with van der Waals surface area (Å²) in [4.78, 5) is 16.0. The summed E-state index contributed by atoms with van der Waals surface area (Å²) in [7, 11) is 1.57. The number of carbonyl (C=O) groups excluding carboxylic acids is 1. The maximum atomic E-state index is 14.1. The van der Waals surface area contributed by atoms with Crippen molar-refractivity contribution in [3.8, 4) is 5.75 Å². The predicted molar refractivity (Wildman–Crippen MR) is 127 cm³/mol. The summed E-state index contributed by atoms with van der Waals surface area (Å²) >= 11 is 0. The average molecular weight is 572 g/mol. The monoisotopic (exact) mass is 572 g/mol. The van der Waals surface area contributed by atoms with Crippen LogP contribution in [-0.4, -0.2) is 43.4 Å². The Kier molecular flexibility index (Phi) is 11.4. The van der Waals surface area contributed by atoms with E-state index in [0.29, 0.717) is 5.96 Å². The first-order valence-electron chi connectivity index (χ1n) is 10.3. The lowest BCUT2D eigenvalue weighted by Gasteiger charge is -2.31. The van der Waals surface area contributed by atoms with Crippen molar-refractivity contribution in [2.24, 2.45) is 4.99 Å². The molecule has 7 nitrogen and oxygen atoms in total. The van der Waals surface area contributed by atoms with Crippen LogP contribution in [0.2, 0.25) is 0 Å². The first-order chi connectivity index (χ1) is 14.6. The van der Waals surface area contributed by atoms with E-state index in [1.165, 1.54) is 18.2 Å².